The van der Waals surface area contributed by atoms with Crippen LogP contribution in [0.15, 0.2) is 30.4 Å². The summed E-state index contributed by atoms with van der Waals surface area (Å²) in [5, 5.41) is 1.58. The first kappa shape index (κ1) is 15.4. The van der Waals surface area contributed by atoms with Gasteiger partial charge < -0.3 is 4.57 Å². The van der Waals surface area contributed by atoms with Gasteiger partial charge in [-0.3, -0.25) is 0 Å². The van der Waals surface area contributed by atoms with Crippen LogP contribution in [-0.4, -0.2) is 17.3 Å². The third-order valence-electron chi connectivity index (χ3n) is 4.35. The third-order valence-corrected chi connectivity index (χ3v) is 7.26. The molecule has 22 heavy (non-hydrogen) atoms. The lowest BCUT2D eigenvalue weighted by molar-refractivity contribution is 0.585. The van der Waals surface area contributed by atoms with E-state index in [0.717, 1.165) is 28.4 Å². The van der Waals surface area contributed by atoms with Gasteiger partial charge in [-0.2, -0.15) is 0 Å². The molecule has 0 N–H and O–H groups in total. The summed E-state index contributed by atoms with van der Waals surface area (Å²) < 4.78 is 28.0. The Bertz CT molecular complexity index is 798. The van der Waals surface area contributed by atoms with Gasteiger partial charge in [0.2, 0.25) is 0 Å². The number of nitrogens with zero attached hydrogens (tertiary/aromatic N) is 1. The lowest BCUT2D eigenvalue weighted by Crippen LogP contribution is -2.17. The Morgan fingerprint density at radius 2 is 1.95 bits per heavy atom. The molecule has 0 atom stereocenters. The quantitative estimate of drug-likeness (QED) is 0.611. The van der Waals surface area contributed by atoms with Gasteiger partial charge in [0.1, 0.15) is 18.5 Å². The van der Waals surface area contributed by atoms with E-state index < -0.39 is 7.14 Å². The van der Waals surface area contributed by atoms with Crippen molar-refractivity contribution in [1.29, 1.82) is 0 Å². The van der Waals surface area contributed by atoms with E-state index in [0.29, 0.717) is 17.8 Å². The van der Waals surface area contributed by atoms with Crippen LogP contribution in [0.5, 0.6) is 0 Å². The first-order chi connectivity index (χ1) is 10.5. The molecule has 1 aliphatic rings. The van der Waals surface area contributed by atoms with Crippen molar-refractivity contribution >= 4 is 23.3 Å². The van der Waals surface area contributed by atoms with Gasteiger partial charge in [-0.05, 0) is 30.0 Å². The molecule has 1 aromatic carbocycles. The fraction of sp³-hybridized carbons (Fsp3) is 0.389. The van der Waals surface area contributed by atoms with Crippen molar-refractivity contribution in [3.05, 3.63) is 47.4 Å². The smallest absolute Gasteiger partial charge is 0.149 e. The molecule has 2 aromatic rings. The zero-order valence-electron chi connectivity index (χ0n) is 13.3. The highest BCUT2D eigenvalue weighted by Gasteiger charge is 2.32. The van der Waals surface area contributed by atoms with Crippen LogP contribution in [0.3, 0.4) is 0 Å². The molecule has 0 saturated carbocycles. The minimum absolute atomic E-state index is 0.131. The van der Waals surface area contributed by atoms with Crippen LogP contribution >= 0.6 is 7.14 Å². The molecule has 0 fully saturated rings. The van der Waals surface area contributed by atoms with Gasteiger partial charge in [-0.1, -0.05) is 39.0 Å². The summed E-state index contributed by atoms with van der Waals surface area (Å²) in [6.45, 7) is 6.04. The molecule has 0 unspecified atom stereocenters. The molecule has 1 aliphatic heterocycles. The fourth-order valence-electron chi connectivity index (χ4n) is 3.14. The Morgan fingerprint density at radius 1 is 1.27 bits per heavy atom. The van der Waals surface area contributed by atoms with Crippen molar-refractivity contribution in [3.63, 3.8) is 0 Å². The monoisotopic (exact) mass is 317 g/mol. The number of hydrogen-bond acceptors (Lipinski definition) is 2. The van der Waals surface area contributed by atoms with Crippen LogP contribution in [0, 0.1) is 5.82 Å². The minimum atomic E-state index is -2.52. The first-order valence-corrected chi connectivity index (χ1v) is 9.89. The average Bonchev–Trinajstić information content (AvgIpc) is 2.94. The highest BCUT2D eigenvalue weighted by molar-refractivity contribution is 7.72. The lowest BCUT2D eigenvalue weighted by Gasteiger charge is -2.21. The van der Waals surface area contributed by atoms with Crippen LogP contribution in [0.25, 0.3) is 10.9 Å². The number of rotatable bonds is 3. The normalized spacial score (nSPS) is 16.8. The predicted octanol–water partition coefficient (Wildman–Crippen LogP) is 4.62. The van der Waals surface area contributed by atoms with E-state index in [1.165, 1.54) is 0 Å². The van der Waals surface area contributed by atoms with Crippen molar-refractivity contribution in [1.82, 2.24) is 4.98 Å². The number of pyridine rings is 1. The van der Waals surface area contributed by atoms with Gasteiger partial charge in [0, 0.05) is 28.7 Å². The van der Waals surface area contributed by atoms with E-state index >= 15 is 0 Å². The highest BCUT2D eigenvalue weighted by atomic mass is 31.2. The van der Waals surface area contributed by atoms with Crippen molar-refractivity contribution in [3.8, 4) is 0 Å². The first-order valence-electron chi connectivity index (χ1n) is 7.82. The molecule has 0 spiro atoms. The molecule has 2 nitrogen and oxygen atoms in total. The topological polar surface area (TPSA) is 30.0 Å². The van der Waals surface area contributed by atoms with Gasteiger partial charge in [0.25, 0.3) is 0 Å². The second kappa shape index (κ2) is 5.62. The van der Waals surface area contributed by atoms with Gasteiger partial charge in [0.05, 0.1) is 0 Å². The van der Waals surface area contributed by atoms with Crippen LogP contribution in [0.2, 0.25) is 0 Å². The Labute approximate surface area is 130 Å². The number of allylic oxidation sites excluding steroid dienone is 2. The fourth-order valence-corrected chi connectivity index (χ4v) is 6.05. The number of hydrogen-bond donors (Lipinski definition) is 0. The van der Waals surface area contributed by atoms with E-state index in [1.54, 1.807) is 6.07 Å². The second-order valence-corrected chi connectivity index (χ2v) is 9.19. The lowest BCUT2D eigenvalue weighted by atomic mass is 10.00. The van der Waals surface area contributed by atoms with E-state index in [9.17, 15) is 8.96 Å². The molecule has 0 aliphatic carbocycles. The maximum atomic E-state index is 14.5. The Balaban J connectivity index is 2.38. The molecular weight excluding hydrogens is 296 g/mol. The average molecular weight is 317 g/mol. The van der Waals surface area contributed by atoms with Gasteiger partial charge >= 0.3 is 0 Å². The zero-order chi connectivity index (χ0) is 15.9. The van der Waals surface area contributed by atoms with Crippen molar-refractivity contribution < 1.29 is 8.96 Å². The maximum Gasteiger partial charge on any atom is 0.149 e. The molecular formula is C18H21FNOP. The predicted molar refractivity (Wildman–Crippen MR) is 91.3 cm³/mol. The largest absolute Gasteiger partial charge is 0.318 e. The van der Waals surface area contributed by atoms with E-state index in [-0.39, 0.29) is 11.7 Å². The molecule has 1 aromatic heterocycles. The molecule has 0 saturated heterocycles. The summed E-state index contributed by atoms with van der Waals surface area (Å²) in [6.07, 6.45) is 5.86. The second-order valence-electron chi connectivity index (χ2n) is 6.23. The van der Waals surface area contributed by atoms with Crippen LogP contribution in [0.4, 0.5) is 4.39 Å². The summed E-state index contributed by atoms with van der Waals surface area (Å²) in [5.41, 5.74) is 2.08. The summed E-state index contributed by atoms with van der Waals surface area (Å²) >= 11 is 0. The van der Waals surface area contributed by atoms with Gasteiger partial charge in [0.15, 0.2) is 0 Å². The number of aryl methyl sites for hydroxylation is 1. The Morgan fingerprint density at radius 3 is 2.55 bits per heavy atom. The zero-order valence-corrected chi connectivity index (χ0v) is 14.2. The van der Waals surface area contributed by atoms with Crippen molar-refractivity contribution in [2.45, 2.75) is 33.1 Å². The molecule has 116 valence electrons. The summed E-state index contributed by atoms with van der Waals surface area (Å²) in [4.78, 5) is 4.44. The third kappa shape index (κ3) is 2.42. The van der Waals surface area contributed by atoms with Crippen LogP contribution < -0.4 is 5.30 Å². The standard InChI is InChI=1S/C18H21FNOP/c1-4-13-7-8-14-17(20-13)16(19)11-15(12(2)3)18(14)22(21)9-5-6-10-22/h5-8,11-12H,4,9-10H2,1-3H3. The Hall–Kier alpha value is -1.47. The van der Waals surface area contributed by atoms with Gasteiger partial charge in [-0.15, -0.1) is 0 Å². The molecule has 0 radical (unpaired) electrons. The molecule has 0 amide bonds. The van der Waals surface area contributed by atoms with Crippen LogP contribution in [-0.2, 0) is 11.0 Å². The van der Waals surface area contributed by atoms with Crippen molar-refractivity contribution in [2.24, 2.45) is 0 Å². The number of halogens is 1. The molecule has 0 bridgehead atoms. The van der Waals surface area contributed by atoms with E-state index in [1.807, 2.05) is 45.1 Å². The minimum Gasteiger partial charge on any atom is -0.318 e. The highest BCUT2D eigenvalue weighted by Crippen LogP contribution is 2.51. The molecule has 4 heteroatoms. The molecule has 3 rings (SSSR count). The summed E-state index contributed by atoms with van der Waals surface area (Å²) in [7, 11) is -2.52. The number of benzene rings is 1. The Kier molecular flexibility index (Phi) is 3.94. The number of aromatic nitrogens is 1. The maximum absolute atomic E-state index is 14.5. The summed E-state index contributed by atoms with van der Waals surface area (Å²) in [5.74, 6) is -0.178. The van der Waals surface area contributed by atoms with Crippen molar-refractivity contribution in [2.75, 3.05) is 12.3 Å². The number of fused-ring (bicyclic) bond motifs is 1. The molecule has 2 heterocycles. The van der Waals surface area contributed by atoms with Gasteiger partial charge in [-0.25, -0.2) is 9.37 Å². The SMILES string of the molecule is CCc1ccc2c(P3(=O)CC=CC3)c(C(C)C)cc(F)c2n1. The van der Waals surface area contributed by atoms with Crippen LogP contribution in [0.1, 0.15) is 37.9 Å². The summed E-state index contributed by atoms with van der Waals surface area (Å²) in [6, 6.07) is 5.38. The van der Waals surface area contributed by atoms with E-state index in [2.05, 4.69) is 4.98 Å². The van der Waals surface area contributed by atoms with E-state index in [4.69, 9.17) is 0 Å².